The van der Waals surface area contributed by atoms with Gasteiger partial charge in [-0.2, -0.15) is 4.98 Å². The number of anilines is 1. The van der Waals surface area contributed by atoms with Crippen LogP contribution in [0.2, 0.25) is 0 Å². The molecule has 3 aromatic heterocycles. The smallest absolute Gasteiger partial charge is 0.306 e. The van der Waals surface area contributed by atoms with Crippen molar-refractivity contribution in [1.82, 2.24) is 18.9 Å². The Labute approximate surface area is 166 Å². The van der Waals surface area contributed by atoms with Crippen molar-refractivity contribution in [2.24, 2.45) is 0 Å². The number of benzene rings is 2. The van der Waals surface area contributed by atoms with Crippen LogP contribution in [0.15, 0.2) is 59.3 Å². The van der Waals surface area contributed by atoms with Gasteiger partial charge in [0.2, 0.25) is 5.95 Å². The number of aromatic nitrogens is 4. The van der Waals surface area contributed by atoms with Crippen LogP contribution in [0.5, 0.6) is 0 Å². The van der Waals surface area contributed by atoms with E-state index in [1.807, 2.05) is 27.3 Å². The highest BCUT2D eigenvalue weighted by Gasteiger charge is 2.23. The standard InChI is InChI=1S/C22H20FN5O/c1-22(2,3)28-17-12-14(6-9-16(17)25-20(28)24)19-18(13-4-7-15(23)8-5-13)26-21-27(19)10-11-29-21/h4-12H,1-3H3,(H2,24,25). The van der Waals surface area contributed by atoms with E-state index in [0.29, 0.717) is 11.8 Å². The normalized spacial score (nSPS) is 12.3. The third kappa shape index (κ3) is 2.69. The Morgan fingerprint density at radius 2 is 1.72 bits per heavy atom. The predicted molar refractivity (Wildman–Crippen MR) is 111 cm³/mol. The lowest BCUT2D eigenvalue weighted by atomic mass is 10.0. The number of nitrogen functional groups attached to an aromatic ring is 1. The van der Waals surface area contributed by atoms with Crippen LogP contribution in [0.4, 0.5) is 10.3 Å². The molecule has 5 aromatic rings. The van der Waals surface area contributed by atoms with E-state index in [4.69, 9.17) is 10.2 Å². The average molecular weight is 389 g/mol. The molecule has 2 aromatic carbocycles. The van der Waals surface area contributed by atoms with Crippen LogP contribution >= 0.6 is 0 Å². The maximum atomic E-state index is 13.4. The first kappa shape index (κ1) is 17.5. The average Bonchev–Trinajstić information content (AvgIpc) is 3.32. The zero-order chi connectivity index (χ0) is 20.3. The first-order chi connectivity index (χ1) is 13.8. The van der Waals surface area contributed by atoms with Gasteiger partial charge in [-0.1, -0.05) is 6.07 Å². The molecular weight excluding hydrogens is 369 g/mol. The Bertz CT molecular complexity index is 1350. The summed E-state index contributed by atoms with van der Waals surface area (Å²) in [6, 6.07) is 12.3. The van der Waals surface area contributed by atoms with Crippen molar-refractivity contribution in [3.63, 3.8) is 0 Å². The van der Waals surface area contributed by atoms with Gasteiger partial charge in [0.05, 0.1) is 16.7 Å². The van der Waals surface area contributed by atoms with E-state index in [1.54, 1.807) is 18.4 Å². The number of nitrogens with two attached hydrogens (primary N) is 1. The van der Waals surface area contributed by atoms with Crippen molar-refractivity contribution in [1.29, 1.82) is 0 Å². The van der Waals surface area contributed by atoms with E-state index in [-0.39, 0.29) is 11.4 Å². The van der Waals surface area contributed by atoms with Gasteiger partial charge >= 0.3 is 5.84 Å². The molecule has 6 nitrogen and oxygen atoms in total. The summed E-state index contributed by atoms with van der Waals surface area (Å²) in [5.41, 5.74) is 11.1. The van der Waals surface area contributed by atoms with Gasteiger partial charge in [-0.15, -0.1) is 0 Å². The van der Waals surface area contributed by atoms with Crippen molar-refractivity contribution in [2.75, 3.05) is 5.73 Å². The highest BCUT2D eigenvalue weighted by atomic mass is 19.1. The second-order valence-electron chi connectivity index (χ2n) is 8.05. The zero-order valence-corrected chi connectivity index (χ0v) is 16.3. The van der Waals surface area contributed by atoms with Crippen molar-refractivity contribution < 1.29 is 8.81 Å². The summed E-state index contributed by atoms with van der Waals surface area (Å²) in [5.74, 6) is 0.664. The summed E-state index contributed by atoms with van der Waals surface area (Å²) in [5, 5.41) is 0. The van der Waals surface area contributed by atoms with Crippen LogP contribution < -0.4 is 5.73 Å². The summed E-state index contributed by atoms with van der Waals surface area (Å²) in [7, 11) is 0. The van der Waals surface area contributed by atoms with Gasteiger partial charge < -0.3 is 14.7 Å². The molecular formula is C22H20FN5O. The molecule has 0 unspecified atom stereocenters. The summed E-state index contributed by atoms with van der Waals surface area (Å²) in [6.07, 6.45) is 3.42. The highest BCUT2D eigenvalue weighted by Crippen LogP contribution is 2.36. The molecule has 0 fully saturated rings. The minimum absolute atomic E-state index is 0.223. The van der Waals surface area contributed by atoms with Crippen molar-refractivity contribution in [3.05, 3.63) is 60.7 Å². The quantitative estimate of drug-likeness (QED) is 0.456. The van der Waals surface area contributed by atoms with Gasteiger partial charge in [0.1, 0.15) is 17.8 Å². The maximum Gasteiger partial charge on any atom is 0.306 e. The summed E-state index contributed by atoms with van der Waals surface area (Å²) >= 11 is 0. The fourth-order valence-corrected chi connectivity index (χ4v) is 3.82. The third-order valence-electron chi connectivity index (χ3n) is 5.00. The van der Waals surface area contributed by atoms with Crippen LogP contribution in [0.1, 0.15) is 20.8 Å². The van der Waals surface area contributed by atoms with Gasteiger partial charge in [-0.3, -0.25) is 4.40 Å². The first-order valence-electron chi connectivity index (χ1n) is 9.33. The Hall–Kier alpha value is -3.61. The van der Waals surface area contributed by atoms with Gasteiger partial charge in [0.15, 0.2) is 0 Å². The number of halogens is 1. The maximum absolute atomic E-state index is 13.4. The van der Waals surface area contributed by atoms with E-state index in [1.165, 1.54) is 12.1 Å². The Morgan fingerprint density at radius 3 is 2.45 bits per heavy atom. The Kier molecular flexibility index (Phi) is 3.58. The summed E-state index contributed by atoms with van der Waals surface area (Å²) < 4.78 is 22.9. The lowest BCUT2D eigenvalue weighted by Gasteiger charge is -2.23. The van der Waals surface area contributed by atoms with Gasteiger partial charge in [-0.05, 0) is 57.2 Å². The van der Waals surface area contributed by atoms with E-state index < -0.39 is 0 Å². The molecule has 146 valence electrons. The molecule has 0 radical (unpaired) electrons. The number of rotatable bonds is 2. The number of hydrogen-bond acceptors (Lipinski definition) is 4. The lowest BCUT2D eigenvalue weighted by Crippen LogP contribution is -2.23. The molecule has 0 aliphatic rings. The van der Waals surface area contributed by atoms with Gasteiger partial charge in [-0.25, -0.2) is 9.37 Å². The first-order valence-corrected chi connectivity index (χ1v) is 9.33. The zero-order valence-electron chi connectivity index (χ0n) is 16.3. The van der Waals surface area contributed by atoms with E-state index >= 15 is 0 Å². The molecule has 0 amide bonds. The van der Waals surface area contributed by atoms with Crippen LogP contribution in [-0.4, -0.2) is 18.9 Å². The molecule has 0 spiro atoms. The Morgan fingerprint density at radius 1 is 1.00 bits per heavy atom. The fraction of sp³-hybridized carbons (Fsp3) is 0.182. The molecule has 2 N–H and O–H groups in total. The van der Waals surface area contributed by atoms with E-state index in [2.05, 4.69) is 36.8 Å². The number of nitrogens with zero attached hydrogens (tertiary/aromatic N) is 4. The molecule has 29 heavy (non-hydrogen) atoms. The van der Waals surface area contributed by atoms with Crippen molar-refractivity contribution in [2.45, 2.75) is 26.3 Å². The van der Waals surface area contributed by atoms with Crippen LogP contribution in [0.25, 0.3) is 39.4 Å². The minimum atomic E-state index is -0.288. The SMILES string of the molecule is CC(C)(C)n1c(N)nc2ccc(-c3c(-c4ccc(F)cc4)nc4occn34)cc21. The number of oxazole rings is 1. The molecule has 0 aliphatic heterocycles. The molecule has 0 bridgehead atoms. The van der Waals surface area contributed by atoms with Crippen molar-refractivity contribution >= 4 is 22.8 Å². The fourth-order valence-electron chi connectivity index (χ4n) is 3.82. The second kappa shape index (κ2) is 5.94. The number of hydrogen-bond donors (Lipinski definition) is 1. The summed E-state index contributed by atoms with van der Waals surface area (Å²) in [4.78, 5) is 9.13. The second-order valence-corrected chi connectivity index (χ2v) is 8.05. The summed E-state index contributed by atoms with van der Waals surface area (Å²) in [6.45, 7) is 6.27. The molecule has 0 saturated carbocycles. The predicted octanol–water partition coefficient (Wildman–Crippen LogP) is 5.09. The number of fused-ring (bicyclic) bond motifs is 2. The van der Waals surface area contributed by atoms with Gasteiger partial charge in [0.25, 0.3) is 0 Å². The molecule has 5 rings (SSSR count). The van der Waals surface area contributed by atoms with Gasteiger partial charge in [0, 0.05) is 22.9 Å². The lowest BCUT2D eigenvalue weighted by molar-refractivity contribution is 0.414. The largest absolute Gasteiger partial charge is 0.432 e. The van der Waals surface area contributed by atoms with Crippen molar-refractivity contribution in [3.8, 4) is 22.5 Å². The van der Waals surface area contributed by atoms with E-state index in [9.17, 15) is 4.39 Å². The topological polar surface area (TPSA) is 74.3 Å². The van der Waals surface area contributed by atoms with Crippen LogP contribution in [-0.2, 0) is 5.54 Å². The van der Waals surface area contributed by atoms with E-state index in [0.717, 1.165) is 33.5 Å². The molecule has 0 atom stereocenters. The molecule has 0 aliphatic carbocycles. The monoisotopic (exact) mass is 389 g/mol. The van der Waals surface area contributed by atoms with Crippen LogP contribution in [0, 0.1) is 5.82 Å². The third-order valence-corrected chi connectivity index (χ3v) is 5.00. The van der Waals surface area contributed by atoms with Crippen LogP contribution in [0.3, 0.4) is 0 Å². The molecule has 3 heterocycles. The molecule has 0 saturated heterocycles. The Balaban J connectivity index is 1.79. The highest BCUT2D eigenvalue weighted by molar-refractivity contribution is 5.88. The molecule has 7 heteroatoms. The minimum Gasteiger partial charge on any atom is -0.432 e. The number of imidazole rings is 2.